The summed E-state index contributed by atoms with van der Waals surface area (Å²) in [6.07, 6.45) is 5.26. The molecule has 0 atom stereocenters. The van der Waals surface area contributed by atoms with Crippen LogP contribution in [0.4, 0.5) is 5.82 Å². The van der Waals surface area contributed by atoms with Crippen molar-refractivity contribution in [1.82, 2.24) is 14.5 Å². The van der Waals surface area contributed by atoms with Gasteiger partial charge in [-0.3, -0.25) is 4.57 Å². The molecule has 3 heterocycles. The monoisotopic (exact) mass is 320 g/mol. The Kier molecular flexibility index (Phi) is 3.17. The Balaban J connectivity index is 1.83. The van der Waals surface area contributed by atoms with Crippen LogP contribution in [-0.4, -0.2) is 25.9 Å². The number of pyridine rings is 1. The van der Waals surface area contributed by atoms with Gasteiger partial charge in [-0.2, -0.15) is 0 Å². The molecule has 2 N–H and O–H groups in total. The third kappa shape index (κ3) is 2.29. The molecule has 1 aliphatic rings. The van der Waals surface area contributed by atoms with E-state index in [2.05, 4.69) is 15.0 Å². The number of imidazole rings is 1. The number of hydrogen-bond donors (Lipinski definition) is 2. The standard InChI is InChI=1S/C17H12N4OS/c22-16-14(9-11-10-19-15-13(11)7-4-8-18-15)20-17(23)21(16)12-5-2-1-3-6-12/h1-10,22H,(H,20,23). The molecule has 3 aromatic rings. The second-order valence-corrected chi connectivity index (χ2v) is 5.46. The van der Waals surface area contributed by atoms with Crippen LogP contribution in [0, 0.1) is 4.77 Å². The van der Waals surface area contributed by atoms with Crippen molar-refractivity contribution in [3.8, 4) is 11.6 Å². The lowest BCUT2D eigenvalue weighted by molar-refractivity contribution is 0.441. The van der Waals surface area contributed by atoms with Gasteiger partial charge < -0.3 is 10.1 Å². The molecule has 0 amide bonds. The SMILES string of the molecule is Oc1c(C=C2C=Nc3ncccc32)[nH]c(=S)n1-c1ccccc1. The molecule has 0 spiro atoms. The van der Waals surface area contributed by atoms with Crippen LogP contribution in [-0.2, 0) is 0 Å². The molecule has 1 aliphatic heterocycles. The lowest BCUT2D eigenvalue weighted by Crippen LogP contribution is -1.92. The maximum Gasteiger partial charge on any atom is 0.222 e. The molecule has 0 unspecified atom stereocenters. The highest BCUT2D eigenvalue weighted by Gasteiger charge is 2.16. The van der Waals surface area contributed by atoms with E-state index in [1.165, 1.54) is 0 Å². The Morgan fingerprint density at radius 3 is 2.78 bits per heavy atom. The Hall–Kier alpha value is -2.99. The summed E-state index contributed by atoms with van der Waals surface area (Å²) in [4.78, 5) is 11.5. The minimum Gasteiger partial charge on any atom is -0.493 e. The number of aromatic amines is 1. The zero-order valence-electron chi connectivity index (χ0n) is 12.0. The first-order chi connectivity index (χ1) is 11.2. The molecule has 0 saturated heterocycles. The number of allylic oxidation sites excluding steroid dienone is 1. The number of para-hydroxylation sites is 1. The number of aromatic hydroxyl groups is 1. The average molecular weight is 320 g/mol. The van der Waals surface area contributed by atoms with E-state index in [4.69, 9.17) is 12.2 Å². The van der Waals surface area contributed by atoms with Gasteiger partial charge in [0.2, 0.25) is 5.88 Å². The first-order valence-electron chi connectivity index (χ1n) is 7.04. The highest BCUT2D eigenvalue weighted by Crippen LogP contribution is 2.32. The predicted octanol–water partition coefficient (Wildman–Crippen LogP) is 3.89. The van der Waals surface area contributed by atoms with E-state index in [9.17, 15) is 5.11 Å². The fraction of sp³-hybridized carbons (Fsp3) is 0. The van der Waals surface area contributed by atoms with Crippen molar-refractivity contribution in [2.45, 2.75) is 0 Å². The van der Waals surface area contributed by atoms with Gasteiger partial charge in [0, 0.05) is 23.5 Å². The first-order valence-corrected chi connectivity index (χ1v) is 7.45. The van der Waals surface area contributed by atoms with Gasteiger partial charge >= 0.3 is 0 Å². The van der Waals surface area contributed by atoms with E-state index < -0.39 is 0 Å². The van der Waals surface area contributed by atoms with Crippen LogP contribution < -0.4 is 0 Å². The van der Waals surface area contributed by atoms with E-state index in [1.54, 1.807) is 17.0 Å². The number of benzene rings is 1. The van der Waals surface area contributed by atoms with Crippen LogP contribution in [0.2, 0.25) is 0 Å². The molecule has 0 aliphatic carbocycles. The molecule has 1 aromatic carbocycles. The minimum absolute atomic E-state index is 0.0689. The van der Waals surface area contributed by atoms with Gasteiger partial charge in [0.1, 0.15) is 5.69 Å². The second kappa shape index (κ2) is 5.33. The number of fused-ring (bicyclic) bond motifs is 1. The Labute approximate surface area is 137 Å². The molecule has 5 nitrogen and oxygen atoms in total. The molecule has 0 fully saturated rings. The highest BCUT2D eigenvalue weighted by molar-refractivity contribution is 7.71. The van der Waals surface area contributed by atoms with E-state index in [-0.39, 0.29) is 5.88 Å². The number of aromatic nitrogens is 3. The van der Waals surface area contributed by atoms with Gasteiger partial charge in [0.05, 0.1) is 5.69 Å². The van der Waals surface area contributed by atoms with Gasteiger partial charge in [0.15, 0.2) is 10.6 Å². The average Bonchev–Trinajstić information content (AvgIpc) is 3.10. The lowest BCUT2D eigenvalue weighted by atomic mass is 10.1. The van der Waals surface area contributed by atoms with Crippen LogP contribution >= 0.6 is 12.2 Å². The molecule has 112 valence electrons. The quantitative estimate of drug-likeness (QED) is 0.704. The minimum atomic E-state index is 0.0689. The topological polar surface area (TPSA) is 66.2 Å². The fourth-order valence-corrected chi connectivity index (χ4v) is 2.86. The van der Waals surface area contributed by atoms with Crippen molar-refractivity contribution < 1.29 is 5.11 Å². The predicted molar refractivity (Wildman–Crippen MR) is 92.9 cm³/mol. The molecule has 2 aromatic heterocycles. The summed E-state index contributed by atoms with van der Waals surface area (Å²) in [7, 11) is 0. The molecule has 23 heavy (non-hydrogen) atoms. The van der Waals surface area contributed by atoms with E-state index in [1.807, 2.05) is 48.5 Å². The molecular weight excluding hydrogens is 308 g/mol. The zero-order valence-corrected chi connectivity index (χ0v) is 12.8. The Morgan fingerprint density at radius 2 is 1.96 bits per heavy atom. The van der Waals surface area contributed by atoms with Crippen LogP contribution in [0.5, 0.6) is 5.88 Å². The molecule has 0 saturated carbocycles. The van der Waals surface area contributed by atoms with Crippen molar-refractivity contribution in [2.24, 2.45) is 4.99 Å². The van der Waals surface area contributed by atoms with Gasteiger partial charge in [-0.1, -0.05) is 18.2 Å². The van der Waals surface area contributed by atoms with Gasteiger partial charge in [-0.25, -0.2) is 9.98 Å². The Morgan fingerprint density at radius 1 is 1.13 bits per heavy atom. The fourth-order valence-electron chi connectivity index (χ4n) is 2.56. The maximum atomic E-state index is 10.5. The third-order valence-electron chi connectivity index (χ3n) is 3.64. The highest BCUT2D eigenvalue weighted by atomic mass is 32.1. The molecule has 0 bridgehead atoms. The molecule has 6 heteroatoms. The van der Waals surface area contributed by atoms with Crippen LogP contribution in [0.25, 0.3) is 17.3 Å². The summed E-state index contributed by atoms with van der Waals surface area (Å²) in [6.45, 7) is 0. The Bertz CT molecular complexity index is 999. The van der Waals surface area contributed by atoms with Gasteiger partial charge in [-0.05, 0) is 42.6 Å². The summed E-state index contributed by atoms with van der Waals surface area (Å²) >= 11 is 5.33. The normalized spacial score (nSPS) is 14.3. The van der Waals surface area contributed by atoms with Crippen LogP contribution in [0.1, 0.15) is 11.3 Å². The molecule has 0 radical (unpaired) electrons. The number of H-pyrrole nitrogens is 1. The largest absolute Gasteiger partial charge is 0.493 e. The first kappa shape index (κ1) is 13.7. The summed E-state index contributed by atoms with van der Waals surface area (Å²) in [6, 6.07) is 13.3. The van der Waals surface area contributed by atoms with Gasteiger partial charge in [-0.15, -0.1) is 0 Å². The number of aliphatic imine (C=N–C) groups is 1. The summed E-state index contributed by atoms with van der Waals surface area (Å²) < 4.78 is 2.03. The lowest BCUT2D eigenvalue weighted by Gasteiger charge is -2.03. The smallest absolute Gasteiger partial charge is 0.222 e. The van der Waals surface area contributed by atoms with Crippen LogP contribution in [0.15, 0.2) is 53.7 Å². The van der Waals surface area contributed by atoms with Gasteiger partial charge in [0.25, 0.3) is 0 Å². The van der Waals surface area contributed by atoms with E-state index in [0.29, 0.717) is 16.3 Å². The van der Waals surface area contributed by atoms with Crippen molar-refractivity contribution >= 4 is 35.9 Å². The van der Waals surface area contributed by atoms with Crippen molar-refractivity contribution in [3.63, 3.8) is 0 Å². The van der Waals surface area contributed by atoms with Crippen molar-refractivity contribution in [3.05, 3.63) is 64.7 Å². The third-order valence-corrected chi connectivity index (χ3v) is 3.92. The number of hydrogen-bond acceptors (Lipinski definition) is 4. The summed E-state index contributed by atoms with van der Waals surface area (Å²) in [5.41, 5.74) is 3.15. The maximum absolute atomic E-state index is 10.5. The van der Waals surface area contributed by atoms with E-state index in [0.717, 1.165) is 16.8 Å². The van der Waals surface area contributed by atoms with Crippen molar-refractivity contribution in [2.75, 3.05) is 0 Å². The molecular formula is C17H12N4OS. The number of rotatable bonds is 2. The number of nitrogens with zero attached hydrogens (tertiary/aromatic N) is 3. The van der Waals surface area contributed by atoms with E-state index >= 15 is 0 Å². The second-order valence-electron chi connectivity index (χ2n) is 5.07. The van der Waals surface area contributed by atoms with Crippen molar-refractivity contribution in [1.29, 1.82) is 0 Å². The summed E-state index contributed by atoms with van der Waals surface area (Å²) in [5.74, 6) is 0.749. The number of nitrogens with one attached hydrogen (secondary N) is 1. The summed E-state index contributed by atoms with van der Waals surface area (Å²) in [5, 5.41) is 10.5. The molecule has 4 rings (SSSR count). The zero-order chi connectivity index (χ0) is 15.8. The van der Waals surface area contributed by atoms with Crippen LogP contribution in [0.3, 0.4) is 0 Å².